The van der Waals surface area contributed by atoms with E-state index in [1.54, 1.807) is 0 Å². The Morgan fingerprint density at radius 2 is 1.81 bits per heavy atom. The molecular formula is C17H20IN3. The molecule has 110 valence electrons. The smallest absolute Gasteiger partial charge is 0.198 e. The van der Waals surface area contributed by atoms with Gasteiger partial charge in [0.1, 0.15) is 0 Å². The number of para-hydroxylation sites is 1. The third-order valence-corrected chi connectivity index (χ3v) is 3.65. The molecule has 0 saturated carbocycles. The minimum atomic E-state index is 0. The highest BCUT2D eigenvalue weighted by Crippen LogP contribution is 2.27. The van der Waals surface area contributed by atoms with Gasteiger partial charge in [0.15, 0.2) is 5.96 Å². The largest absolute Gasteiger partial charge is 0.352 e. The van der Waals surface area contributed by atoms with Crippen LogP contribution < -0.4 is 10.2 Å². The molecule has 0 saturated heterocycles. The van der Waals surface area contributed by atoms with Gasteiger partial charge in [-0.15, -0.1) is 24.0 Å². The number of rotatable bonds is 2. The second kappa shape index (κ2) is 7.45. The van der Waals surface area contributed by atoms with E-state index in [1.165, 1.54) is 16.8 Å². The molecule has 1 N–H and O–H groups in total. The number of anilines is 1. The van der Waals surface area contributed by atoms with Crippen LogP contribution >= 0.6 is 24.0 Å². The maximum absolute atomic E-state index is 4.42. The number of nitrogens with one attached hydrogen (secondary N) is 1. The molecule has 2 aromatic carbocycles. The summed E-state index contributed by atoms with van der Waals surface area (Å²) >= 11 is 0. The molecule has 4 heteroatoms. The van der Waals surface area contributed by atoms with Crippen LogP contribution in [-0.2, 0) is 13.0 Å². The molecule has 0 spiro atoms. The number of fused-ring (bicyclic) bond motifs is 1. The molecule has 21 heavy (non-hydrogen) atoms. The Balaban J connectivity index is 0.00000161. The molecule has 0 radical (unpaired) electrons. The second-order valence-corrected chi connectivity index (χ2v) is 4.92. The van der Waals surface area contributed by atoms with Crippen LogP contribution in [0.2, 0.25) is 0 Å². The number of hydrogen-bond acceptors (Lipinski definition) is 1. The molecule has 0 bridgehead atoms. The fraction of sp³-hybridized carbons (Fsp3) is 0.235. The van der Waals surface area contributed by atoms with Gasteiger partial charge in [0.2, 0.25) is 0 Å². The zero-order chi connectivity index (χ0) is 13.8. The van der Waals surface area contributed by atoms with Crippen molar-refractivity contribution in [3.8, 4) is 0 Å². The van der Waals surface area contributed by atoms with E-state index in [9.17, 15) is 0 Å². The summed E-state index contributed by atoms with van der Waals surface area (Å²) in [5.41, 5.74) is 3.94. The summed E-state index contributed by atoms with van der Waals surface area (Å²) in [6, 6.07) is 18.9. The highest BCUT2D eigenvalue weighted by Gasteiger charge is 2.21. The first-order valence-corrected chi connectivity index (χ1v) is 6.98. The minimum Gasteiger partial charge on any atom is -0.352 e. The Labute approximate surface area is 143 Å². The molecular weight excluding hydrogens is 373 g/mol. The molecule has 3 rings (SSSR count). The second-order valence-electron chi connectivity index (χ2n) is 4.92. The number of halogens is 1. The lowest BCUT2D eigenvalue weighted by atomic mass is 10.2. The van der Waals surface area contributed by atoms with E-state index in [2.05, 4.69) is 63.7 Å². The highest BCUT2D eigenvalue weighted by molar-refractivity contribution is 14.0. The zero-order valence-corrected chi connectivity index (χ0v) is 14.5. The number of guanidine groups is 1. The van der Waals surface area contributed by atoms with Crippen LogP contribution in [0.4, 0.5) is 5.69 Å². The third-order valence-electron chi connectivity index (χ3n) is 3.65. The monoisotopic (exact) mass is 393 g/mol. The normalized spacial score (nSPS) is 13.6. The summed E-state index contributed by atoms with van der Waals surface area (Å²) in [4.78, 5) is 6.68. The molecule has 0 aliphatic carbocycles. The summed E-state index contributed by atoms with van der Waals surface area (Å²) in [7, 11) is 1.84. The first kappa shape index (κ1) is 15.8. The molecule has 0 fully saturated rings. The summed E-state index contributed by atoms with van der Waals surface area (Å²) < 4.78 is 0. The van der Waals surface area contributed by atoms with Crippen LogP contribution in [0.3, 0.4) is 0 Å². The fourth-order valence-corrected chi connectivity index (χ4v) is 2.63. The number of aliphatic imine (C=N–C) groups is 1. The zero-order valence-electron chi connectivity index (χ0n) is 12.1. The predicted octanol–water partition coefficient (Wildman–Crippen LogP) is 3.44. The SMILES string of the molecule is CN=C(NCc1ccccc1)N1CCc2ccccc21.I. The lowest BCUT2D eigenvalue weighted by Gasteiger charge is -2.22. The van der Waals surface area contributed by atoms with Crippen molar-refractivity contribution in [3.05, 3.63) is 65.7 Å². The van der Waals surface area contributed by atoms with E-state index in [4.69, 9.17) is 0 Å². The molecule has 0 aromatic heterocycles. The van der Waals surface area contributed by atoms with Crippen molar-refractivity contribution in [2.24, 2.45) is 4.99 Å². The number of nitrogens with zero attached hydrogens (tertiary/aromatic N) is 2. The van der Waals surface area contributed by atoms with Gasteiger partial charge in [0, 0.05) is 25.8 Å². The van der Waals surface area contributed by atoms with E-state index >= 15 is 0 Å². The molecule has 3 nitrogen and oxygen atoms in total. The highest BCUT2D eigenvalue weighted by atomic mass is 127. The Hall–Kier alpha value is -1.56. The van der Waals surface area contributed by atoms with Crippen molar-refractivity contribution in [1.29, 1.82) is 0 Å². The van der Waals surface area contributed by atoms with Crippen LogP contribution in [0.15, 0.2) is 59.6 Å². The lowest BCUT2D eigenvalue weighted by molar-refractivity contribution is 0.867. The van der Waals surface area contributed by atoms with Gasteiger partial charge in [0.05, 0.1) is 0 Å². The van der Waals surface area contributed by atoms with Gasteiger partial charge in [-0.3, -0.25) is 4.99 Å². The lowest BCUT2D eigenvalue weighted by Crippen LogP contribution is -2.40. The average Bonchev–Trinajstić information content (AvgIpc) is 2.93. The van der Waals surface area contributed by atoms with E-state index in [1.807, 2.05) is 13.1 Å². The van der Waals surface area contributed by atoms with Gasteiger partial charge in [-0.2, -0.15) is 0 Å². The minimum absolute atomic E-state index is 0. The average molecular weight is 393 g/mol. The summed E-state index contributed by atoms with van der Waals surface area (Å²) in [6.45, 7) is 1.79. The van der Waals surface area contributed by atoms with E-state index in [0.29, 0.717) is 0 Å². The molecule has 1 aliphatic rings. The van der Waals surface area contributed by atoms with Gasteiger partial charge in [-0.1, -0.05) is 48.5 Å². The Morgan fingerprint density at radius 1 is 1.10 bits per heavy atom. The molecule has 0 amide bonds. The molecule has 2 aromatic rings. The van der Waals surface area contributed by atoms with Crippen LogP contribution in [0.25, 0.3) is 0 Å². The van der Waals surface area contributed by atoms with Crippen LogP contribution in [0.1, 0.15) is 11.1 Å². The van der Waals surface area contributed by atoms with Gasteiger partial charge < -0.3 is 10.2 Å². The van der Waals surface area contributed by atoms with Gasteiger partial charge in [-0.25, -0.2) is 0 Å². The fourth-order valence-electron chi connectivity index (χ4n) is 2.63. The Bertz CT molecular complexity index is 610. The van der Waals surface area contributed by atoms with Crippen LogP contribution in [-0.4, -0.2) is 19.6 Å². The van der Waals surface area contributed by atoms with E-state index in [-0.39, 0.29) is 24.0 Å². The van der Waals surface area contributed by atoms with Crippen molar-refractivity contribution in [1.82, 2.24) is 5.32 Å². The molecule has 0 unspecified atom stereocenters. The molecule has 1 heterocycles. The maximum atomic E-state index is 4.42. The molecule has 1 aliphatic heterocycles. The summed E-state index contributed by atoms with van der Waals surface area (Å²) in [5, 5.41) is 3.44. The molecule has 0 atom stereocenters. The number of hydrogen-bond donors (Lipinski definition) is 1. The van der Waals surface area contributed by atoms with Crippen molar-refractivity contribution in [2.45, 2.75) is 13.0 Å². The number of benzene rings is 2. The Kier molecular flexibility index (Phi) is 5.61. The first-order chi connectivity index (χ1) is 9.88. The van der Waals surface area contributed by atoms with E-state index in [0.717, 1.165) is 25.5 Å². The quantitative estimate of drug-likeness (QED) is 0.481. The topological polar surface area (TPSA) is 27.6 Å². The van der Waals surface area contributed by atoms with Crippen molar-refractivity contribution in [3.63, 3.8) is 0 Å². The summed E-state index contributed by atoms with van der Waals surface area (Å²) in [5.74, 6) is 0.943. The first-order valence-electron chi connectivity index (χ1n) is 6.98. The van der Waals surface area contributed by atoms with Gasteiger partial charge >= 0.3 is 0 Å². The van der Waals surface area contributed by atoms with Gasteiger partial charge in [-0.05, 0) is 23.6 Å². The maximum Gasteiger partial charge on any atom is 0.198 e. The van der Waals surface area contributed by atoms with Gasteiger partial charge in [0.25, 0.3) is 0 Å². The van der Waals surface area contributed by atoms with Crippen molar-refractivity contribution >= 4 is 35.6 Å². The Morgan fingerprint density at radius 3 is 2.57 bits per heavy atom. The van der Waals surface area contributed by atoms with Crippen molar-refractivity contribution < 1.29 is 0 Å². The summed E-state index contributed by atoms with van der Waals surface area (Å²) in [6.07, 6.45) is 1.09. The van der Waals surface area contributed by atoms with Crippen molar-refractivity contribution in [2.75, 3.05) is 18.5 Å². The van der Waals surface area contributed by atoms with Crippen LogP contribution in [0, 0.1) is 0 Å². The van der Waals surface area contributed by atoms with Crippen LogP contribution in [0.5, 0.6) is 0 Å². The predicted molar refractivity (Wildman–Crippen MR) is 99.5 cm³/mol. The standard InChI is InChI=1S/C17H19N3.HI/c1-18-17(19-13-14-7-3-2-4-8-14)20-12-11-15-9-5-6-10-16(15)20;/h2-10H,11-13H2,1H3,(H,18,19);1H. The third kappa shape index (κ3) is 3.56. The van der Waals surface area contributed by atoms with E-state index < -0.39 is 0 Å².